The van der Waals surface area contributed by atoms with E-state index in [2.05, 4.69) is 27.0 Å². The van der Waals surface area contributed by atoms with Crippen LogP contribution in [0.5, 0.6) is 0 Å². The van der Waals surface area contributed by atoms with Crippen LogP contribution in [0.25, 0.3) is 5.78 Å². The Morgan fingerprint density at radius 3 is 2.77 bits per heavy atom. The summed E-state index contributed by atoms with van der Waals surface area (Å²) >= 11 is 0. The maximum absolute atomic E-state index is 12.7. The van der Waals surface area contributed by atoms with Gasteiger partial charge in [-0.05, 0) is 13.8 Å². The summed E-state index contributed by atoms with van der Waals surface area (Å²) in [6.07, 6.45) is -4.61. The van der Waals surface area contributed by atoms with E-state index < -0.39 is 12.0 Å². The molecule has 2 aromatic heterocycles. The summed E-state index contributed by atoms with van der Waals surface area (Å²) in [4.78, 5) is 7.35. The molecular weight excluding hydrogens is 299 g/mol. The highest BCUT2D eigenvalue weighted by atomic mass is 19.4. The Morgan fingerprint density at radius 1 is 1.41 bits per heavy atom. The molecule has 0 unspecified atom stereocenters. The topological polar surface area (TPSA) is 64.3 Å². The number of aromatic nitrogens is 4. The van der Waals surface area contributed by atoms with E-state index in [1.54, 1.807) is 13.0 Å². The van der Waals surface area contributed by atoms with Gasteiger partial charge in [0, 0.05) is 18.3 Å². The molecule has 0 aliphatic rings. The zero-order valence-electron chi connectivity index (χ0n) is 12.2. The second kappa shape index (κ2) is 6.30. The van der Waals surface area contributed by atoms with Crippen molar-refractivity contribution in [3.8, 4) is 0 Å². The minimum absolute atomic E-state index is 0.0994. The van der Waals surface area contributed by atoms with Crippen molar-refractivity contribution >= 4 is 11.6 Å². The predicted molar refractivity (Wildman–Crippen MR) is 74.6 cm³/mol. The molecule has 22 heavy (non-hydrogen) atoms. The van der Waals surface area contributed by atoms with E-state index >= 15 is 0 Å². The summed E-state index contributed by atoms with van der Waals surface area (Å²) in [5, 5.41) is 6.42. The van der Waals surface area contributed by atoms with Gasteiger partial charge in [-0.25, -0.2) is 4.98 Å². The van der Waals surface area contributed by atoms with Crippen LogP contribution >= 0.6 is 0 Å². The summed E-state index contributed by atoms with van der Waals surface area (Å²) in [6.45, 7) is 8.46. The number of alkyl halides is 3. The average Bonchev–Trinajstić information content (AvgIpc) is 2.81. The number of nitrogens with zero attached hydrogens (tertiary/aromatic N) is 4. The molecule has 2 heterocycles. The lowest BCUT2D eigenvalue weighted by Crippen LogP contribution is -2.14. The van der Waals surface area contributed by atoms with Gasteiger partial charge in [0.2, 0.25) is 0 Å². The zero-order valence-corrected chi connectivity index (χ0v) is 12.2. The smallest absolute Gasteiger partial charge is 0.375 e. The van der Waals surface area contributed by atoms with Crippen molar-refractivity contribution in [2.75, 3.05) is 25.1 Å². The van der Waals surface area contributed by atoms with Crippen LogP contribution in [0.2, 0.25) is 0 Å². The summed E-state index contributed by atoms with van der Waals surface area (Å²) in [7, 11) is 0. The zero-order chi connectivity index (χ0) is 16.3. The van der Waals surface area contributed by atoms with E-state index in [1.807, 2.05) is 6.92 Å². The fourth-order valence-corrected chi connectivity index (χ4v) is 1.73. The molecule has 0 saturated heterocycles. The lowest BCUT2D eigenvalue weighted by molar-refractivity contribution is -0.144. The first-order valence-electron chi connectivity index (χ1n) is 6.55. The average molecular weight is 315 g/mol. The van der Waals surface area contributed by atoms with Gasteiger partial charge in [0.25, 0.3) is 11.6 Å². The van der Waals surface area contributed by atoms with Crippen LogP contribution in [0, 0.1) is 6.92 Å². The van der Waals surface area contributed by atoms with E-state index in [4.69, 9.17) is 4.74 Å². The fourth-order valence-electron chi connectivity index (χ4n) is 1.73. The van der Waals surface area contributed by atoms with E-state index in [0.717, 1.165) is 10.1 Å². The molecule has 0 fully saturated rings. The van der Waals surface area contributed by atoms with Gasteiger partial charge in [-0.3, -0.25) is 0 Å². The number of anilines is 1. The van der Waals surface area contributed by atoms with E-state index in [1.165, 1.54) is 0 Å². The predicted octanol–water partition coefficient (Wildman–Crippen LogP) is 2.46. The molecule has 0 amide bonds. The van der Waals surface area contributed by atoms with E-state index in [9.17, 15) is 13.2 Å². The third-order valence-corrected chi connectivity index (χ3v) is 2.59. The lowest BCUT2D eigenvalue weighted by Gasteiger charge is -2.09. The van der Waals surface area contributed by atoms with Crippen molar-refractivity contribution in [1.29, 1.82) is 0 Å². The molecule has 0 radical (unpaired) electrons. The van der Waals surface area contributed by atoms with Gasteiger partial charge >= 0.3 is 6.18 Å². The Hall–Kier alpha value is -2.16. The summed E-state index contributed by atoms with van der Waals surface area (Å²) in [5.74, 6) is -0.936. The molecule has 0 saturated carbocycles. The van der Waals surface area contributed by atoms with Gasteiger partial charge < -0.3 is 10.1 Å². The number of nitrogens with one attached hydrogen (secondary N) is 1. The first-order chi connectivity index (χ1) is 10.3. The van der Waals surface area contributed by atoms with Gasteiger partial charge in [-0.2, -0.15) is 22.7 Å². The quantitative estimate of drug-likeness (QED) is 0.655. The number of hydrogen-bond donors (Lipinski definition) is 1. The van der Waals surface area contributed by atoms with Gasteiger partial charge in [-0.1, -0.05) is 12.2 Å². The second-order valence-electron chi connectivity index (χ2n) is 4.86. The van der Waals surface area contributed by atoms with Crippen LogP contribution in [0.4, 0.5) is 19.0 Å². The number of hydrogen-bond acceptors (Lipinski definition) is 5. The lowest BCUT2D eigenvalue weighted by atomic mass is 10.4. The maximum atomic E-state index is 12.7. The van der Waals surface area contributed by atoms with Crippen molar-refractivity contribution < 1.29 is 17.9 Å². The van der Waals surface area contributed by atoms with Crippen LogP contribution in [0.1, 0.15) is 18.4 Å². The number of fused-ring (bicyclic) bond motifs is 1. The molecule has 0 atom stereocenters. The molecule has 0 spiro atoms. The molecule has 2 rings (SSSR count). The third-order valence-electron chi connectivity index (χ3n) is 2.59. The summed E-state index contributed by atoms with van der Waals surface area (Å²) < 4.78 is 44.4. The van der Waals surface area contributed by atoms with Gasteiger partial charge in [0.05, 0.1) is 13.2 Å². The molecule has 120 valence electrons. The monoisotopic (exact) mass is 315 g/mol. The minimum atomic E-state index is -4.61. The molecule has 1 N–H and O–H groups in total. The molecule has 2 aromatic rings. The van der Waals surface area contributed by atoms with Crippen LogP contribution in [0.15, 0.2) is 18.2 Å². The molecule has 9 heteroatoms. The van der Waals surface area contributed by atoms with Gasteiger partial charge in [0.15, 0.2) is 0 Å². The van der Waals surface area contributed by atoms with Gasteiger partial charge in [0.1, 0.15) is 5.82 Å². The van der Waals surface area contributed by atoms with Crippen LogP contribution in [-0.4, -0.2) is 39.3 Å². The number of rotatable bonds is 6. The Bertz CT molecular complexity index is 680. The van der Waals surface area contributed by atoms with E-state index in [0.29, 0.717) is 31.3 Å². The van der Waals surface area contributed by atoms with Crippen molar-refractivity contribution in [2.24, 2.45) is 0 Å². The molecule has 0 aliphatic heterocycles. The maximum Gasteiger partial charge on any atom is 0.453 e. The summed E-state index contributed by atoms with van der Waals surface area (Å²) in [5.41, 5.74) is 1.44. The second-order valence-corrected chi connectivity index (χ2v) is 4.86. The Morgan fingerprint density at radius 2 is 2.14 bits per heavy atom. The highest BCUT2D eigenvalue weighted by Crippen LogP contribution is 2.27. The minimum Gasteiger partial charge on any atom is -0.375 e. The molecular formula is C13H16F3N5O. The van der Waals surface area contributed by atoms with Crippen molar-refractivity contribution in [1.82, 2.24) is 19.6 Å². The molecule has 0 aliphatic carbocycles. The normalized spacial score (nSPS) is 11.9. The first-order valence-corrected chi connectivity index (χ1v) is 6.55. The fraction of sp³-hybridized carbons (Fsp3) is 0.462. The van der Waals surface area contributed by atoms with Crippen LogP contribution < -0.4 is 5.32 Å². The number of ether oxygens (including phenoxy) is 1. The van der Waals surface area contributed by atoms with Crippen LogP contribution in [0.3, 0.4) is 0 Å². The Labute approximate surface area is 125 Å². The Kier molecular flexibility index (Phi) is 4.65. The highest BCUT2D eigenvalue weighted by Gasteiger charge is 2.36. The van der Waals surface area contributed by atoms with Crippen molar-refractivity contribution in [2.45, 2.75) is 20.0 Å². The third kappa shape index (κ3) is 3.94. The molecule has 0 bridgehead atoms. The number of aryl methyl sites for hydroxylation is 1. The SMILES string of the molecule is C=C(C)COCCNc1cc(C)nc2nc(C(F)(F)F)nn12. The van der Waals surface area contributed by atoms with E-state index in [-0.39, 0.29) is 5.78 Å². The van der Waals surface area contributed by atoms with Gasteiger partial charge in [-0.15, -0.1) is 5.10 Å². The summed E-state index contributed by atoms with van der Waals surface area (Å²) in [6, 6.07) is 1.60. The first kappa shape index (κ1) is 16.2. The number of halogens is 3. The Balaban J connectivity index is 2.14. The van der Waals surface area contributed by atoms with Crippen LogP contribution in [-0.2, 0) is 10.9 Å². The molecule has 0 aromatic carbocycles. The highest BCUT2D eigenvalue weighted by molar-refractivity contribution is 5.45. The standard InChI is InChI=1S/C13H16F3N5O/c1-8(2)7-22-5-4-17-10-6-9(3)18-12-19-11(13(14,15)16)20-21(10)12/h6,17H,1,4-5,7H2,2-3H3. The largest absolute Gasteiger partial charge is 0.453 e. The van der Waals surface area contributed by atoms with Crippen molar-refractivity contribution in [3.05, 3.63) is 29.7 Å². The molecule has 6 nitrogen and oxygen atoms in total. The van der Waals surface area contributed by atoms with Crippen molar-refractivity contribution in [3.63, 3.8) is 0 Å².